The Kier molecular flexibility index (Phi) is 7.32. The van der Waals surface area contributed by atoms with Crippen LogP contribution >= 0.6 is 11.8 Å². The average molecular weight is 424 g/mol. The number of carbonyl (C=O) groups excluding carboxylic acids is 1. The molecule has 3 rings (SSSR count). The molecule has 1 heterocycles. The molecule has 5 nitrogen and oxygen atoms in total. The van der Waals surface area contributed by atoms with Crippen LogP contribution in [0.1, 0.15) is 39.2 Å². The molecule has 0 atom stereocenters. The number of nitrogens with zero attached hydrogens (tertiary/aromatic N) is 2. The lowest BCUT2D eigenvalue weighted by Gasteiger charge is -2.24. The van der Waals surface area contributed by atoms with E-state index < -0.39 is 0 Å². The predicted molar refractivity (Wildman–Crippen MR) is 124 cm³/mol. The van der Waals surface area contributed by atoms with Crippen LogP contribution in [0.5, 0.6) is 0 Å². The number of benzene rings is 2. The van der Waals surface area contributed by atoms with E-state index in [-0.39, 0.29) is 22.8 Å². The third-order valence-corrected chi connectivity index (χ3v) is 6.19. The summed E-state index contributed by atoms with van der Waals surface area (Å²) in [5.41, 5.74) is 1.61. The van der Waals surface area contributed by atoms with Crippen molar-refractivity contribution in [1.29, 1.82) is 0 Å². The van der Waals surface area contributed by atoms with E-state index in [9.17, 15) is 9.59 Å². The van der Waals surface area contributed by atoms with E-state index in [0.29, 0.717) is 22.6 Å². The van der Waals surface area contributed by atoms with Gasteiger partial charge in [0.15, 0.2) is 5.16 Å². The summed E-state index contributed by atoms with van der Waals surface area (Å²) in [5.74, 6) is 0.178. The van der Waals surface area contributed by atoms with Gasteiger partial charge in [-0.1, -0.05) is 61.2 Å². The molecular formula is C24H29N3O2S. The maximum absolute atomic E-state index is 13.1. The van der Waals surface area contributed by atoms with Crippen molar-refractivity contribution in [2.75, 3.05) is 5.75 Å². The fourth-order valence-electron chi connectivity index (χ4n) is 3.17. The Labute approximate surface area is 181 Å². The molecule has 1 amide bonds. The van der Waals surface area contributed by atoms with Gasteiger partial charge in [0.05, 0.1) is 16.7 Å². The molecule has 2 aromatic carbocycles. The van der Waals surface area contributed by atoms with Gasteiger partial charge in [0.25, 0.3) is 5.56 Å². The van der Waals surface area contributed by atoms with Crippen LogP contribution in [-0.2, 0) is 17.8 Å². The Morgan fingerprint density at radius 3 is 2.53 bits per heavy atom. The largest absolute Gasteiger partial charge is 0.351 e. The third kappa shape index (κ3) is 5.72. The van der Waals surface area contributed by atoms with E-state index in [1.807, 2.05) is 63.2 Å². The number of fused-ring (bicyclic) bond motifs is 1. The van der Waals surface area contributed by atoms with Crippen molar-refractivity contribution in [2.45, 2.75) is 57.3 Å². The monoisotopic (exact) mass is 423 g/mol. The first-order valence-corrected chi connectivity index (χ1v) is 11.4. The molecule has 6 heteroatoms. The molecule has 0 aliphatic carbocycles. The van der Waals surface area contributed by atoms with Crippen LogP contribution in [0.4, 0.5) is 0 Å². The van der Waals surface area contributed by atoms with Gasteiger partial charge in [0.2, 0.25) is 5.91 Å². The molecule has 0 bridgehead atoms. The van der Waals surface area contributed by atoms with Crippen LogP contribution in [-0.4, -0.2) is 26.8 Å². The standard InChI is InChI=1S/C24H29N3O2S/c1-4-24(2,3)26-21(28)17-30-23-25-20-15-9-8-14-19(20)22(29)27(23)16-10-13-18-11-6-5-7-12-18/h5-9,11-12,14-15H,4,10,13,16-17H2,1-3H3,(H,26,28). The molecule has 3 aromatic rings. The van der Waals surface area contributed by atoms with Gasteiger partial charge in [-0.25, -0.2) is 4.98 Å². The van der Waals surface area contributed by atoms with Gasteiger partial charge in [-0.15, -0.1) is 0 Å². The van der Waals surface area contributed by atoms with Crippen molar-refractivity contribution in [2.24, 2.45) is 0 Å². The van der Waals surface area contributed by atoms with Crippen molar-refractivity contribution in [3.8, 4) is 0 Å². The average Bonchev–Trinajstić information content (AvgIpc) is 2.74. The molecule has 1 aromatic heterocycles. The summed E-state index contributed by atoms with van der Waals surface area (Å²) in [7, 11) is 0. The minimum atomic E-state index is -0.246. The van der Waals surface area contributed by atoms with Crippen LogP contribution in [0.25, 0.3) is 10.9 Å². The normalized spacial score (nSPS) is 11.6. The van der Waals surface area contributed by atoms with Crippen LogP contribution in [0.3, 0.4) is 0 Å². The highest BCUT2D eigenvalue weighted by molar-refractivity contribution is 7.99. The van der Waals surface area contributed by atoms with Gasteiger partial charge in [0.1, 0.15) is 0 Å². The zero-order valence-corrected chi connectivity index (χ0v) is 18.7. The zero-order valence-electron chi connectivity index (χ0n) is 17.9. The van der Waals surface area contributed by atoms with Gasteiger partial charge < -0.3 is 5.32 Å². The topological polar surface area (TPSA) is 64.0 Å². The molecule has 0 saturated carbocycles. The molecule has 30 heavy (non-hydrogen) atoms. The minimum Gasteiger partial charge on any atom is -0.351 e. The lowest BCUT2D eigenvalue weighted by Crippen LogP contribution is -2.43. The molecule has 0 saturated heterocycles. The number of hydrogen-bond donors (Lipinski definition) is 1. The SMILES string of the molecule is CCC(C)(C)NC(=O)CSc1nc2ccccc2c(=O)n1CCCc1ccccc1. The molecule has 0 radical (unpaired) electrons. The Morgan fingerprint density at radius 2 is 1.80 bits per heavy atom. The van der Waals surface area contributed by atoms with Crippen LogP contribution in [0, 0.1) is 0 Å². The minimum absolute atomic E-state index is 0.0505. The summed E-state index contributed by atoms with van der Waals surface area (Å²) >= 11 is 1.32. The highest BCUT2D eigenvalue weighted by Gasteiger charge is 2.19. The summed E-state index contributed by atoms with van der Waals surface area (Å²) < 4.78 is 1.72. The van der Waals surface area contributed by atoms with E-state index in [1.54, 1.807) is 4.57 Å². The Bertz CT molecular complexity index is 1060. The number of hydrogen-bond acceptors (Lipinski definition) is 4. The van der Waals surface area contributed by atoms with Gasteiger partial charge in [0, 0.05) is 12.1 Å². The lowest BCUT2D eigenvalue weighted by atomic mass is 10.0. The number of para-hydroxylation sites is 1. The van der Waals surface area contributed by atoms with Crippen LogP contribution in [0.15, 0.2) is 64.5 Å². The van der Waals surface area contributed by atoms with Crippen molar-refractivity contribution in [1.82, 2.24) is 14.9 Å². The number of carbonyl (C=O) groups is 1. The highest BCUT2D eigenvalue weighted by Crippen LogP contribution is 2.19. The fraction of sp³-hybridized carbons (Fsp3) is 0.375. The quantitative estimate of drug-likeness (QED) is 0.409. The second-order valence-corrected chi connectivity index (χ2v) is 8.97. The number of aryl methyl sites for hydroxylation is 1. The van der Waals surface area contributed by atoms with Gasteiger partial charge in [-0.05, 0) is 50.8 Å². The molecule has 158 valence electrons. The summed E-state index contributed by atoms with van der Waals surface area (Å²) in [5, 5.41) is 4.24. The van der Waals surface area contributed by atoms with Crippen molar-refractivity contribution in [3.05, 3.63) is 70.5 Å². The second-order valence-electron chi connectivity index (χ2n) is 8.03. The van der Waals surface area contributed by atoms with Crippen molar-refractivity contribution >= 4 is 28.6 Å². The van der Waals surface area contributed by atoms with Gasteiger partial charge >= 0.3 is 0 Å². The van der Waals surface area contributed by atoms with Crippen LogP contribution < -0.4 is 10.9 Å². The summed E-state index contributed by atoms with van der Waals surface area (Å²) in [6.45, 7) is 6.62. The highest BCUT2D eigenvalue weighted by atomic mass is 32.2. The molecule has 0 fully saturated rings. The van der Waals surface area contributed by atoms with E-state index in [4.69, 9.17) is 4.98 Å². The Balaban J connectivity index is 1.79. The number of amides is 1. The third-order valence-electron chi connectivity index (χ3n) is 5.21. The Morgan fingerprint density at radius 1 is 1.10 bits per heavy atom. The van der Waals surface area contributed by atoms with E-state index in [0.717, 1.165) is 19.3 Å². The summed E-state index contributed by atoms with van der Waals surface area (Å²) in [4.78, 5) is 30.2. The molecule has 0 aliphatic heterocycles. The number of nitrogens with one attached hydrogen (secondary N) is 1. The first-order chi connectivity index (χ1) is 14.4. The second kappa shape index (κ2) is 9.94. The molecule has 0 aliphatic rings. The first kappa shape index (κ1) is 22.1. The van der Waals surface area contributed by atoms with Crippen LogP contribution in [0.2, 0.25) is 0 Å². The first-order valence-electron chi connectivity index (χ1n) is 10.4. The van der Waals surface area contributed by atoms with Gasteiger partial charge in [-0.2, -0.15) is 0 Å². The Hall–Kier alpha value is -2.60. The number of rotatable bonds is 9. The maximum Gasteiger partial charge on any atom is 0.262 e. The van der Waals surface area contributed by atoms with Crippen molar-refractivity contribution in [3.63, 3.8) is 0 Å². The maximum atomic E-state index is 13.1. The number of thioether (sulfide) groups is 1. The van der Waals surface area contributed by atoms with E-state index in [1.165, 1.54) is 17.3 Å². The fourth-order valence-corrected chi connectivity index (χ4v) is 4.00. The van der Waals surface area contributed by atoms with E-state index in [2.05, 4.69) is 17.4 Å². The van der Waals surface area contributed by atoms with E-state index >= 15 is 0 Å². The smallest absolute Gasteiger partial charge is 0.262 e. The molecule has 1 N–H and O–H groups in total. The molecule has 0 unspecified atom stereocenters. The zero-order chi connectivity index (χ0) is 21.6. The van der Waals surface area contributed by atoms with Crippen molar-refractivity contribution < 1.29 is 4.79 Å². The molecule has 0 spiro atoms. The van der Waals surface area contributed by atoms with Gasteiger partial charge in [-0.3, -0.25) is 14.2 Å². The summed E-state index contributed by atoms with van der Waals surface area (Å²) in [6.07, 6.45) is 2.56. The lowest BCUT2D eigenvalue weighted by molar-refractivity contribution is -0.120. The predicted octanol–water partition coefficient (Wildman–Crippen LogP) is 4.43. The molecular weight excluding hydrogens is 394 g/mol. The summed E-state index contributed by atoms with van der Waals surface area (Å²) in [6, 6.07) is 17.6. The number of aromatic nitrogens is 2.